The van der Waals surface area contributed by atoms with Crippen molar-refractivity contribution >= 4 is 11.6 Å². The summed E-state index contributed by atoms with van der Waals surface area (Å²) in [4.78, 5) is 0. The van der Waals surface area contributed by atoms with E-state index in [4.69, 9.17) is 11.6 Å². The first kappa shape index (κ1) is 13.9. The molecule has 3 nitrogen and oxygen atoms in total. The van der Waals surface area contributed by atoms with Crippen LogP contribution in [0.3, 0.4) is 0 Å². The Bertz CT molecular complexity index is 369. The fourth-order valence-electron chi connectivity index (χ4n) is 3.09. The van der Waals surface area contributed by atoms with Crippen molar-refractivity contribution in [3.05, 3.63) is 16.9 Å². The molecular formula is C14H24ClN3. The lowest BCUT2D eigenvalue weighted by Gasteiger charge is -2.27. The van der Waals surface area contributed by atoms with Gasteiger partial charge in [0.05, 0.1) is 23.0 Å². The van der Waals surface area contributed by atoms with Crippen molar-refractivity contribution in [3.63, 3.8) is 0 Å². The van der Waals surface area contributed by atoms with Crippen LogP contribution in [0.4, 0.5) is 0 Å². The smallest absolute Gasteiger partial charge is 0.0834 e. The molecule has 1 atom stereocenters. The molecule has 102 valence electrons. The molecule has 1 fully saturated rings. The molecule has 1 aromatic rings. The number of nitrogens with one attached hydrogen (secondary N) is 1. The first-order valence-corrected chi connectivity index (χ1v) is 7.52. The third kappa shape index (κ3) is 3.07. The quantitative estimate of drug-likeness (QED) is 0.881. The van der Waals surface area contributed by atoms with Gasteiger partial charge in [-0.25, -0.2) is 0 Å². The monoisotopic (exact) mass is 269 g/mol. The number of aryl methyl sites for hydroxylation is 1. The Morgan fingerprint density at radius 2 is 2.17 bits per heavy atom. The second kappa shape index (κ2) is 6.58. The van der Waals surface area contributed by atoms with E-state index in [0.717, 1.165) is 23.2 Å². The van der Waals surface area contributed by atoms with Gasteiger partial charge >= 0.3 is 0 Å². The van der Waals surface area contributed by atoms with E-state index in [2.05, 4.69) is 17.3 Å². The zero-order chi connectivity index (χ0) is 13.0. The minimum Gasteiger partial charge on any atom is -0.312 e. The van der Waals surface area contributed by atoms with Gasteiger partial charge in [-0.2, -0.15) is 5.10 Å². The maximum absolute atomic E-state index is 6.29. The van der Waals surface area contributed by atoms with Gasteiger partial charge in [0.25, 0.3) is 0 Å². The summed E-state index contributed by atoms with van der Waals surface area (Å²) in [6, 6.07) is 0.336. The van der Waals surface area contributed by atoms with E-state index in [1.165, 1.54) is 38.5 Å². The summed E-state index contributed by atoms with van der Waals surface area (Å²) in [5.74, 6) is 0.840. The average molecular weight is 270 g/mol. The average Bonchev–Trinajstić information content (AvgIpc) is 2.78. The van der Waals surface area contributed by atoms with Crippen molar-refractivity contribution in [2.45, 2.75) is 58.0 Å². The number of aromatic nitrogens is 2. The second-order valence-corrected chi connectivity index (χ2v) is 5.68. The summed E-state index contributed by atoms with van der Waals surface area (Å²) >= 11 is 6.29. The highest BCUT2D eigenvalue weighted by atomic mass is 35.5. The molecule has 1 saturated carbocycles. The summed E-state index contributed by atoms with van der Waals surface area (Å²) in [6.07, 6.45) is 9.89. The van der Waals surface area contributed by atoms with Crippen molar-refractivity contribution in [1.82, 2.24) is 15.1 Å². The van der Waals surface area contributed by atoms with Gasteiger partial charge in [0.1, 0.15) is 0 Å². The number of nitrogens with zero attached hydrogens (tertiary/aromatic N) is 2. The van der Waals surface area contributed by atoms with Crippen LogP contribution in [0.2, 0.25) is 5.02 Å². The first-order valence-electron chi connectivity index (χ1n) is 7.14. The van der Waals surface area contributed by atoms with Crippen molar-refractivity contribution in [3.8, 4) is 0 Å². The van der Waals surface area contributed by atoms with Crippen molar-refractivity contribution in [2.24, 2.45) is 5.92 Å². The molecule has 0 spiro atoms. The number of hydrogen-bond acceptors (Lipinski definition) is 2. The van der Waals surface area contributed by atoms with E-state index in [9.17, 15) is 0 Å². The third-order valence-corrected chi connectivity index (χ3v) is 4.40. The van der Waals surface area contributed by atoms with Crippen LogP contribution in [0.25, 0.3) is 0 Å². The summed E-state index contributed by atoms with van der Waals surface area (Å²) in [6.45, 7) is 2.99. The fourth-order valence-corrected chi connectivity index (χ4v) is 3.37. The standard InChI is InChI=1S/C14H24ClN3/c1-3-18-14(12(15)10-17-18)13(16-2)9-11-7-5-4-6-8-11/h10-11,13,16H,3-9H2,1-2H3. The van der Waals surface area contributed by atoms with E-state index in [1.807, 2.05) is 11.7 Å². The lowest BCUT2D eigenvalue weighted by Crippen LogP contribution is -2.24. The maximum Gasteiger partial charge on any atom is 0.0834 e. The van der Waals surface area contributed by atoms with Gasteiger partial charge in [-0.15, -0.1) is 0 Å². The number of hydrogen-bond donors (Lipinski definition) is 1. The molecular weight excluding hydrogens is 246 g/mol. The highest BCUT2D eigenvalue weighted by Crippen LogP contribution is 2.33. The van der Waals surface area contributed by atoms with Gasteiger partial charge in [-0.05, 0) is 26.3 Å². The Kier molecular flexibility index (Phi) is 5.07. The molecule has 1 heterocycles. The van der Waals surface area contributed by atoms with Crippen molar-refractivity contribution < 1.29 is 0 Å². The molecule has 0 aliphatic heterocycles. The fraction of sp³-hybridized carbons (Fsp3) is 0.786. The summed E-state index contributed by atoms with van der Waals surface area (Å²) in [5, 5.41) is 8.56. The molecule has 0 bridgehead atoms. The Morgan fingerprint density at radius 1 is 1.44 bits per heavy atom. The summed E-state index contributed by atoms with van der Waals surface area (Å²) in [5.41, 5.74) is 1.16. The zero-order valence-corrected chi connectivity index (χ0v) is 12.2. The van der Waals surface area contributed by atoms with Gasteiger partial charge in [-0.3, -0.25) is 4.68 Å². The van der Waals surface area contributed by atoms with Crippen LogP contribution >= 0.6 is 11.6 Å². The van der Waals surface area contributed by atoms with Gasteiger partial charge in [0.2, 0.25) is 0 Å². The molecule has 1 aliphatic carbocycles. The highest BCUT2D eigenvalue weighted by Gasteiger charge is 2.23. The van der Waals surface area contributed by atoms with E-state index in [-0.39, 0.29) is 0 Å². The molecule has 1 aliphatic rings. The van der Waals surface area contributed by atoms with Gasteiger partial charge in [0, 0.05) is 6.54 Å². The SMILES string of the molecule is CCn1ncc(Cl)c1C(CC1CCCCC1)NC. The lowest BCUT2D eigenvalue weighted by molar-refractivity contribution is 0.299. The molecule has 0 radical (unpaired) electrons. The number of halogens is 1. The van der Waals surface area contributed by atoms with Gasteiger partial charge < -0.3 is 5.32 Å². The van der Waals surface area contributed by atoms with E-state index < -0.39 is 0 Å². The normalized spacial score (nSPS) is 19.1. The molecule has 0 saturated heterocycles. The van der Waals surface area contributed by atoms with Crippen LogP contribution in [-0.4, -0.2) is 16.8 Å². The summed E-state index contributed by atoms with van der Waals surface area (Å²) < 4.78 is 2.02. The largest absolute Gasteiger partial charge is 0.312 e. The van der Waals surface area contributed by atoms with E-state index in [1.54, 1.807) is 6.20 Å². The van der Waals surface area contributed by atoms with Crippen molar-refractivity contribution in [2.75, 3.05) is 7.05 Å². The van der Waals surface area contributed by atoms with Crippen LogP contribution in [0.1, 0.15) is 57.2 Å². The molecule has 2 rings (SSSR count). The first-order chi connectivity index (χ1) is 8.76. The van der Waals surface area contributed by atoms with Crippen LogP contribution in [0.5, 0.6) is 0 Å². The van der Waals surface area contributed by atoms with E-state index in [0.29, 0.717) is 6.04 Å². The Hall–Kier alpha value is -0.540. The Balaban J connectivity index is 2.09. The Morgan fingerprint density at radius 3 is 2.78 bits per heavy atom. The molecule has 1 unspecified atom stereocenters. The topological polar surface area (TPSA) is 29.9 Å². The molecule has 1 N–H and O–H groups in total. The summed E-state index contributed by atoms with van der Waals surface area (Å²) in [7, 11) is 2.02. The molecule has 18 heavy (non-hydrogen) atoms. The number of rotatable bonds is 5. The van der Waals surface area contributed by atoms with Crippen LogP contribution in [-0.2, 0) is 6.54 Å². The highest BCUT2D eigenvalue weighted by molar-refractivity contribution is 6.31. The molecule has 0 amide bonds. The predicted octanol–water partition coefficient (Wildman–Crippen LogP) is 3.79. The van der Waals surface area contributed by atoms with Crippen LogP contribution in [0, 0.1) is 5.92 Å². The zero-order valence-electron chi connectivity index (χ0n) is 11.5. The second-order valence-electron chi connectivity index (χ2n) is 5.27. The van der Waals surface area contributed by atoms with Gasteiger partial charge in [-0.1, -0.05) is 43.7 Å². The molecule has 4 heteroatoms. The third-order valence-electron chi connectivity index (χ3n) is 4.11. The Labute approximate surface area is 115 Å². The maximum atomic E-state index is 6.29. The van der Waals surface area contributed by atoms with Gasteiger partial charge in [0.15, 0.2) is 0 Å². The minimum absolute atomic E-state index is 0.336. The van der Waals surface area contributed by atoms with Crippen LogP contribution < -0.4 is 5.32 Å². The molecule has 1 aromatic heterocycles. The minimum atomic E-state index is 0.336. The predicted molar refractivity (Wildman–Crippen MR) is 75.9 cm³/mol. The van der Waals surface area contributed by atoms with Crippen LogP contribution in [0.15, 0.2) is 6.20 Å². The van der Waals surface area contributed by atoms with E-state index >= 15 is 0 Å². The van der Waals surface area contributed by atoms with Crippen molar-refractivity contribution in [1.29, 1.82) is 0 Å². The lowest BCUT2D eigenvalue weighted by atomic mass is 9.84. The molecule has 0 aromatic carbocycles.